The topological polar surface area (TPSA) is 102 Å². The molecule has 0 aliphatic rings. The van der Waals surface area contributed by atoms with Crippen LogP contribution in [-0.2, 0) is 4.79 Å². The summed E-state index contributed by atoms with van der Waals surface area (Å²) in [5.41, 5.74) is 0.460. The first kappa shape index (κ1) is 18.0. The number of para-hydroxylation sites is 1. The Morgan fingerprint density at radius 3 is 2.44 bits per heavy atom. The summed E-state index contributed by atoms with van der Waals surface area (Å²) in [6.45, 7) is 0.999. The first-order valence-corrected chi connectivity index (χ1v) is 7.36. The van der Waals surface area contributed by atoms with Crippen LogP contribution >= 0.6 is 0 Å². The lowest BCUT2D eigenvalue weighted by atomic mass is 10.1. The van der Waals surface area contributed by atoms with E-state index in [4.69, 9.17) is 14.6 Å². The second kappa shape index (κ2) is 7.96. The summed E-state index contributed by atoms with van der Waals surface area (Å²) in [6, 6.07) is 10.7. The molecular formula is C18H17NO6. The quantitative estimate of drug-likeness (QED) is 0.749. The Bertz CT molecular complexity index is 815. The van der Waals surface area contributed by atoms with Crippen LogP contribution in [0.15, 0.2) is 42.5 Å². The normalized spacial score (nSPS) is 10.0. The zero-order valence-corrected chi connectivity index (χ0v) is 13.7. The number of anilines is 1. The number of methoxy groups -OCH3 is 1. The Balaban J connectivity index is 2.10. The first-order chi connectivity index (χ1) is 11.9. The third-order valence-electron chi connectivity index (χ3n) is 3.36. The van der Waals surface area contributed by atoms with E-state index >= 15 is 0 Å². The Hall–Kier alpha value is -3.35. The molecule has 2 N–H and O–H groups in total. The van der Waals surface area contributed by atoms with Gasteiger partial charge in [-0.3, -0.25) is 9.59 Å². The van der Waals surface area contributed by atoms with Crippen molar-refractivity contribution in [3.63, 3.8) is 0 Å². The molecule has 2 rings (SSSR count). The van der Waals surface area contributed by atoms with Crippen LogP contribution < -0.4 is 14.8 Å². The molecule has 0 unspecified atom stereocenters. The number of hydrogen-bond donors (Lipinski definition) is 2. The summed E-state index contributed by atoms with van der Waals surface area (Å²) in [7, 11) is 1.47. The molecule has 7 heteroatoms. The highest BCUT2D eigenvalue weighted by molar-refractivity contribution is 6.01. The second-order valence-electron chi connectivity index (χ2n) is 5.11. The van der Waals surface area contributed by atoms with Crippen LogP contribution in [0, 0.1) is 0 Å². The van der Waals surface area contributed by atoms with Crippen molar-refractivity contribution in [2.75, 3.05) is 19.0 Å². The maximum Gasteiger partial charge on any atom is 0.337 e. The predicted molar refractivity (Wildman–Crippen MR) is 90.5 cm³/mol. The molecule has 0 heterocycles. The summed E-state index contributed by atoms with van der Waals surface area (Å²) >= 11 is 0. The number of nitrogens with one attached hydrogen (secondary N) is 1. The van der Waals surface area contributed by atoms with Crippen LogP contribution in [-0.4, -0.2) is 36.5 Å². The zero-order valence-electron chi connectivity index (χ0n) is 13.7. The van der Waals surface area contributed by atoms with Crippen LogP contribution in [0.2, 0.25) is 0 Å². The van der Waals surface area contributed by atoms with E-state index < -0.39 is 11.9 Å². The molecule has 0 saturated carbocycles. The number of hydrogen-bond acceptors (Lipinski definition) is 5. The van der Waals surface area contributed by atoms with Crippen LogP contribution in [0.4, 0.5) is 5.69 Å². The molecule has 7 nitrogen and oxygen atoms in total. The van der Waals surface area contributed by atoms with Gasteiger partial charge in [0.1, 0.15) is 11.5 Å². The number of aromatic carboxylic acids is 1. The van der Waals surface area contributed by atoms with Crippen molar-refractivity contribution < 1.29 is 29.0 Å². The average molecular weight is 343 g/mol. The van der Waals surface area contributed by atoms with E-state index in [1.807, 2.05) is 0 Å². The van der Waals surface area contributed by atoms with E-state index in [9.17, 15) is 14.4 Å². The van der Waals surface area contributed by atoms with Gasteiger partial charge in [0, 0.05) is 6.07 Å². The van der Waals surface area contributed by atoms with Gasteiger partial charge in [0.2, 0.25) is 0 Å². The van der Waals surface area contributed by atoms with E-state index in [0.29, 0.717) is 11.3 Å². The number of carboxylic acids is 1. The smallest absolute Gasteiger partial charge is 0.337 e. The summed E-state index contributed by atoms with van der Waals surface area (Å²) in [5.74, 6) is -1.21. The summed E-state index contributed by atoms with van der Waals surface area (Å²) < 4.78 is 10.5. The molecule has 0 aromatic heterocycles. The number of carbonyl (C=O) groups excluding carboxylic acids is 2. The highest BCUT2D eigenvalue weighted by atomic mass is 16.5. The Labute approximate surface area is 144 Å². The molecule has 0 atom stereocenters. The number of rotatable bonds is 7. The Morgan fingerprint density at radius 1 is 1.08 bits per heavy atom. The molecule has 0 fully saturated rings. The van der Waals surface area contributed by atoms with Crippen LogP contribution in [0.5, 0.6) is 11.5 Å². The molecule has 0 bridgehead atoms. The third kappa shape index (κ3) is 4.57. The highest BCUT2D eigenvalue weighted by Crippen LogP contribution is 2.25. The number of amides is 1. The van der Waals surface area contributed by atoms with Crippen molar-refractivity contribution in [1.29, 1.82) is 0 Å². The Kier molecular flexibility index (Phi) is 5.73. The van der Waals surface area contributed by atoms with Crippen molar-refractivity contribution in [2.45, 2.75) is 6.92 Å². The number of ketones is 1. The van der Waals surface area contributed by atoms with Crippen LogP contribution in [0.25, 0.3) is 0 Å². The number of ether oxygens (including phenoxy) is 2. The first-order valence-electron chi connectivity index (χ1n) is 7.36. The van der Waals surface area contributed by atoms with E-state index in [2.05, 4.69) is 5.32 Å². The molecule has 130 valence electrons. The number of benzene rings is 2. The van der Waals surface area contributed by atoms with Gasteiger partial charge in [0.05, 0.1) is 23.9 Å². The molecule has 0 aliphatic heterocycles. The van der Waals surface area contributed by atoms with Crippen molar-refractivity contribution in [3.05, 3.63) is 53.6 Å². The molecule has 0 spiro atoms. The van der Waals surface area contributed by atoms with Gasteiger partial charge in [-0.15, -0.1) is 0 Å². The highest BCUT2D eigenvalue weighted by Gasteiger charge is 2.14. The van der Waals surface area contributed by atoms with Crippen LogP contribution in [0.3, 0.4) is 0 Å². The van der Waals surface area contributed by atoms with E-state index in [1.165, 1.54) is 32.2 Å². The van der Waals surface area contributed by atoms with Crippen molar-refractivity contribution in [2.24, 2.45) is 0 Å². The lowest BCUT2D eigenvalue weighted by Crippen LogP contribution is -2.22. The number of carbonyl (C=O) groups is 3. The maximum absolute atomic E-state index is 12.1. The van der Waals surface area contributed by atoms with Gasteiger partial charge in [-0.1, -0.05) is 12.1 Å². The third-order valence-corrected chi connectivity index (χ3v) is 3.36. The molecule has 25 heavy (non-hydrogen) atoms. The fraction of sp³-hybridized carbons (Fsp3) is 0.167. The SMILES string of the molecule is COc1ccc(C(C)=O)c(OCC(=O)Nc2ccccc2C(=O)O)c1. The van der Waals surface area contributed by atoms with Gasteiger partial charge in [-0.05, 0) is 31.2 Å². The predicted octanol–water partition coefficient (Wildman–Crippen LogP) is 2.61. The fourth-order valence-corrected chi connectivity index (χ4v) is 2.15. The van der Waals surface area contributed by atoms with Crippen molar-refractivity contribution in [3.8, 4) is 11.5 Å². The summed E-state index contributed by atoms with van der Waals surface area (Å²) in [6.07, 6.45) is 0. The fourth-order valence-electron chi connectivity index (χ4n) is 2.15. The molecular weight excluding hydrogens is 326 g/mol. The zero-order chi connectivity index (χ0) is 18.4. The summed E-state index contributed by atoms with van der Waals surface area (Å²) in [4.78, 5) is 34.8. The van der Waals surface area contributed by atoms with Gasteiger partial charge < -0.3 is 19.9 Å². The van der Waals surface area contributed by atoms with Gasteiger partial charge in [-0.25, -0.2) is 4.79 Å². The van der Waals surface area contributed by atoms with Crippen LogP contribution in [0.1, 0.15) is 27.6 Å². The number of carboxylic acid groups (broad SMARTS) is 1. The van der Waals surface area contributed by atoms with Gasteiger partial charge in [-0.2, -0.15) is 0 Å². The minimum Gasteiger partial charge on any atom is -0.497 e. The minimum absolute atomic E-state index is 0.0262. The molecule has 0 saturated heterocycles. The monoisotopic (exact) mass is 343 g/mol. The Morgan fingerprint density at radius 2 is 1.80 bits per heavy atom. The van der Waals surface area contributed by atoms with Crippen molar-refractivity contribution >= 4 is 23.3 Å². The molecule has 2 aromatic rings. The van der Waals surface area contributed by atoms with Gasteiger partial charge >= 0.3 is 5.97 Å². The molecule has 1 amide bonds. The largest absolute Gasteiger partial charge is 0.497 e. The van der Waals surface area contributed by atoms with E-state index in [0.717, 1.165) is 0 Å². The minimum atomic E-state index is -1.15. The maximum atomic E-state index is 12.1. The van der Waals surface area contributed by atoms with Gasteiger partial charge in [0.15, 0.2) is 12.4 Å². The molecule has 0 aliphatic carbocycles. The molecule has 2 aromatic carbocycles. The second-order valence-corrected chi connectivity index (χ2v) is 5.11. The number of Topliss-reactive ketones (excluding diaryl/α,β-unsaturated/α-hetero) is 1. The van der Waals surface area contributed by atoms with Gasteiger partial charge in [0.25, 0.3) is 5.91 Å². The van der Waals surface area contributed by atoms with E-state index in [1.54, 1.807) is 24.3 Å². The lowest BCUT2D eigenvalue weighted by Gasteiger charge is -2.12. The lowest BCUT2D eigenvalue weighted by molar-refractivity contribution is -0.118. The van der Waals surface area contributed by atoms with Crippen molar-refractivity contribution in [1.82, 2.24) is 0 Å². The average Bonchev–Trinajstić information content (AvgIpc) is 2.59. The summed E-state index contributed by atoms with van der Waals surface area (Å²) in [5, 5.41) is 11.6. The standard InChI is InChI=1S/C18H17NO6/c1-11(20)13-8-7-12(24-2)9-16(13)25-10-17(21)19-15-6-4-3-5-14(15)18(22)23/h3-9H,10H2,1-2H3,(H,19,21)(H,22,23). The molecule has 0 radical (unpaired) electrons. The van der Waals surface area contributed by atoms with E-state index in [-0.39, 0.29) is 29.4 Å².